The third-order valence-corrected chi connectivity index (χ3v) is 3.47. The Hall–Kier alpha value is -0.910. The number of nitrogens with zero attached hydrogens (tertiary/aromatic N) is 2. The number of aromatic nitrogens is 2. The summed E-state index contributed by atoms with van der Waals surface area (Å²) in [7, 11) is 0. The zero-order chi connectivity index (χ0) is 13.1. The summed E-state index contributed by atoms with van der Waals surface area (Å²) in [4.78, 5) is 12.0. The van der Waals surface area contributed by atoms with Gasteiger partial charge in [0.15, 0.2) is 10.3 Å². The standard InChI is InChI=1S/C11H13Cl2N3O2/c12-9-5-6(10(13)16-15-9)11(18)14-7-3-1-2-4-8(7)17/h5,7-8,17H,1-4H2,(H,14,18)/t7-,8-/m1/s1. The number of hydrogen-bond donors (Lipinski definition) is 2. The Labute approximate surface area is 115 Å². The number of aliphatic hydroxyl groups is 1. The summed E-state index contributed by atoms with van der Waals surface area (Å²) < 4.78 is 0. The molecule has 0 aromatic carbocycles. The zero-order valence-corrected chi connectivity index (χ0v) is 11.1. The molecular weight excluding hydrogens is 277 g/mol. The highest BCUT2D eigenvalue weighted by molar-refractivity contribution is 6.34. The minimum Gasteiger partial charge on any atom is -0.391 e. The van der Waals surface area contributed by atoms with Crippen molar-refractivity contribution in [3.8, 4) is 0 Å². The van der Waals surface area contributed by atoms with Gasteiger partial charge < -0.3 is 10.4 Å². The predicted molar refractivity (Wildman–Crippen MR) is 67.8 cm³/mol. The first-order valence-corrected chi connectivity index (χ1v) is 6.51. The Bertz CT molecular complexity index is 456. The van der Waals surface area contributed by atoms with Gasteiger partial charge in [-0.15, -0.1) is 10.2 Å². The summed E-state index contributed by atoms with van der Waals surface area (Å²) in [6.07, 6.45) is 2.93. The second kappa shape index (κ2) is 5.82. The van der Waals surface area contributed by atoms with Gasteiger partial charge in [0.25, 0.3) is 5.91 Å². The van der Waals surface area contributed by atoms with Gasteiger partial charge in [0.2, 0.25) is 0 Å². The summed E-state index contributed by atoms with van der Waals surface area (Å²) >= 11 is 11.5. The normalized spacial score (nSPS) is 23.7. The first-order chi connectivity index (χ1) is 8.58. The second-order valence-electron chi connectivity index (χ2n) is 4.30. The minimum atomic E-state index is -0.508. The topological polar surface area (TPSA) is 75.1 Å². The third-order valence-electron chi connectivity index (χ3n) is 3.01. The van der Waals surface area contributed by atoms with Crippen LogP contribution in [0.25, 0.3) is 0 Å². The van der Waals surface area contributed by atoms with Gasteiger partial charge in [-0.05, 0) is 18.9 Å². The Balaban J connectivity index is 2.09. The molecule has 2 rings (SSSR count). The molecule has 7 heteroatoms. The van der Waals surface area contributed by atoms with Crippen LogP contribution in [0.1, 0.15) is 36.0 Å². The molecule has 1 aromatic heterocycles. The Morgan fingerprint density at radius 1 is 1.33 bits per heavy atom. The lowest BCUT2D eigenvalue weighted by molar-refractivity contribution is 0.0717. The summed E-state index contributed by atoms with van der Waals surface area (Å²) in [6, 6.07) is 1.12. The fraction of sp³-hybridized carbons (Fsp3) is 0.545. The van der Waals surface area contributed by atoms with Gasteiger partial charge in [-0.1, -0.05) is 36.0 Å². The van der Waals surface area contributed by atoms with Gasteiger partial charge in [-0.25, -0.2) is 0 Å². The highest BCUT2D eigenvalue weighted by atomic mass is 35.5. The number of nitrogens with one attached hydrogen (secondary N) is 1. The van der Waals surface area contributed by atoms with Gasteiger partial charge in [0.05, 0.1) is 17.7 Å². The van der Waals surface area contributed by atoms with Crippen molar-refractivity contribution < 1.29 is 9.90 Å². The van der Waals surface area contributed by atoms with E-state index in [0.29, 0.717) is 6.42 Å². The number of rotatable bonds is 2. The fourth-order valence-corrected chi connectivity index (χ4v) is 2.36. The largest absolute Gasteiger partial charge is 0.391 e. The molecule has 2 N–H and O–H groups in total. The average molecular weight is 290 g/mol. The first kappa shape index (κ1) is 13.5. The molecule has 0 radical (unpaired) electrons. The number of hydrogen-bond acceptors (Lipinski definition) is 4. The van der Waals surface area contributed by atoms with E-state index in [2.05, 4.69) is 15.5 Å². The molecule has 1 amide bonds. The van der Waals surface area contributed by atoms with Crippen LogP contribution >= 0.6 is 23.2 Å². The van der Waals surface area contributed by atoms with Crippen molar-refractivity contribution in [2.24, 2.45) is 0 Å². The molecule has 0 aliphatic heterocycles. The van der Waals surface area contributed by atoms with Crippen molar-refractivity contribution in [3.63, 3.8) is 0 Å². The van der Waals surface area contributed by atoms with Crippen LogP contribution < -0.4 is 5.32 Å². The van der Waals surface area contributed by atoms with Crippen molar-refractivity contribution in [2.75, 3.05) is 0 Å². The van der Waals surface area contributed by atoms with Crippen molar-refractivity contribution >= 4 is 29.1 Å². The molecule has 1 saturated carbocycles. The lowest BCUT2D eigenvalue weighted by atomic mass is 9.92. The summed E-state index contributed by atoms with van der Waals surface area (Å²) in [5.41, 5.74) is 0.175. The Kier molecular flexibility index (Phi) is 4.37. The van der Waals surface area contributed by atoms with Crippen molar-refractivity contribution in [1.82, 2.24) is 15.5 Å². The summed E-state index contributed by atoms with van der Waals surface area (Å²) in [6.45, 7) is 0. The van der Waals surface area contributed by atoms with E-state index in [1.165, 1.54) is 6.07 Å². The summed E-state index contributed by atoms with van der Waals surface area (Å²) in [5, 5.41) is 19.8. The maximum atomic E-state index is 12.0. The summed E-state index contributed by atoms with van der Waals surface area (Å²) in [5.74, 6) is -0.386. The van der Waals surface area contributed by atoms with Crippen molar-refractivity contribution in [2.45, 2.75) is 37.8 Å². The van der Waals surface area contributed by atoms with E-state index >= 15 is 0 Å². The first-order valence-electron chi connectivity index (χ1n) is 5.75. The van der Waals surface area contributed by atoms with E-state index in [0.717, 1.165) is 19.3 Å². The lowest BCUT2D eigenvalue weighted by Gasteiger charge is -2.28. The molecule has 98 valence electrons. The molecule has 1 aliphatic carbocycles. The molecule has 1 aliphatic rings. The molecule has 0 spiro atoms. The smallest absolute Gasteiger partial charge is 0.254 e. The number of carbonyl (C=O) groups is 1. The van der Waals surface area contributed by atoms with Gasteiger partial charge in [0.1, 0.15) is 0 Å². The molecule has 0 bridgehead atoms. The lowest BCUT2D eigenvalue weighted by Crippen LogP contribution is -2.45. The van der Waals surface area contributed by atoms with Crippen molar-refractivity contribution in [1.29, 1.82) is 0 Å². The number of aliphatic hydroxyl groups excluding tert-OH is 1. The molecular formula is C11H13Cl2N3O2. The van der Waals surface area contributed by atoms with Crippen LogP contribution in [0, 0.1) is 0 Å². The van der Waals surface area contributed by atoms with Gasteiger partial charge in [0, 0.05) is 0 Å². The number of amides is 1. The van der Waals surface area contributed by atoms with Gasteiger partial charge in [-0.3, -0.25) is 4.79 Å². The zero-order valence-electron chi connectivity index (χ0n) is 9.57. The number of carbonyl (C=O) groups excluding carboxylic acids is 1. The van der Waals surface area contributed by atoms with Gasteiger partial charge in [-0.2, -0.15) is 0 Å². The predicted octanol–water partition coefficient (Wildman–Crippen LogP) is 1.82. The van der Waals surface area contributed by atoms with E-state index in [1.54, 1.807) is 0 Å². The maximum Gasteiger partial charge on any atom is 0.254 e. The molecule has 0 unspecified atom stereocenters. The van der Waals surface area contributed by atoms with Crippen LogP contribution in [0.4, 0.5) is 0 Å². The average Bonchev–Trinajstić information content (AvgIpc) is 2.35. The van der Waals surface area contributed by atoms with E-state index in [1.807, 2.05) is 0 Å². The minimum absolute atomic E-state index is 0.00204. The van der Waals surface area contributed by atoms with E-state index in [9.17, 15) is 9.90 Å². The van der Waals surface area contributed by atoms with Crippen LogP contribution in [0.5, 0.6) is 0 Å². The van der Waals surface area contributed by atoms with Crippen LogP contribution in [-0.4, -0.2) is 33.4 Å². The van der Waals surface area contributed by atoms with E-state index in [-0.39, 0.29) is 27.8 Å². The number of halogens is 2. The van der Waals surface area contributed by atoms with E-state index in [4.69, 9.17) is 23.2 Å². The monoisotopic (exact) mass is 289 g/mol. The van der Waals surface area contributed by atoms with Crippen LogP contribution in [-0.2, 0) is 0 Å². The molecule has 1 heterocycles. The van der Waals surface area contributed by atoms with Crippen LogP contribution in [0.3, 0.4) is 0 Å². The fourth-order valence-electron chi connectivity index (χ4n) is 2.04. The molecule has 5 nitrogen and oxygen atoms in total. The molecule has 1 fully saturated rings. The van der Waals surface area contributed by atoms with E-state index < -0.39 is 6.10 Å². The van der Waals surface area contributed by atoms with Crippen LogP contribution in [0.2, 0.25) is 10.3 Å². The molecule has 1 aromatic rings. The third kappa shape index (κ3) is 3.10. The molecule has 2 atom stereocenters. The highest BCUT2D eigenvalue weighted by Gasteiger charge is 2.25. The second-order valence-corrected chi connectivity index (χ2v) is 5.05. The highest BCUT2D eigenvalue weighted by Crippen LogP contribution is 2.20. The van der Waals surface area contributed by atoms with Crippen molar-refractivity contribution in [3.05, 3.63) is 21.9 Å². The van der Waals surface area contributed by atoms with Crippen LogP contribution in [0.15, 0.2) is 6.07 Å². The molecule has 18 heavy (non-hydrogen) atoms. The Morgan fingerprint density at radius 3 is 2.78 bits per heavy atom. The quantitative estimate of drug-likeness (QED) is 0.871. The van der Waals surface area contributed by atoms with Gasteiger partial charge >= 0.3 is 0 Å². The molecule has 0 saturated heterocycles. The Morgan fingerprint density at radius 2 is 2.06 bits per heavy atom. The SMILES string of the molecule is O=C(N[C@@H]1CCCC[C@H]1O)c1cc(Cl)nnc1Cl. The maximum absolute atomic E-state index is 12.0.